The molecular formula is C10H11N3O2. The number of nitrogens with one attached hydrogen (secondary N) is 1. The van der Waals surface area contributed by atoms with Crippen LogP contribution in [0.2, 0.25) is 0 Å². The molecule has 0 aliphatic carbocycles. The zero-order chi connectivity index (χ0) is 10.8. The van der Waals surface area contributed by atoms with Crippen molar-refractivity contribution >= 4 is 16.7 Å². The van der Waals surface area contributed by atoms with Crippen LogP contribution in [0.3, 0.4) is 0 Å². The van der Waals surface area contributed by atoms with Crippen molar-refractivity contribution in [2.45, 2.75) is 0 Å². The average molecular weight is 205 g/mol. The zero-order valence-corrected chi connectivity index (χ0v) is 8.19. The molecular weight excluding hydrogens is 194 g/mol. The minimum atomic E-state index is 0.0609. The predicted molar refractivity (Wildman–Crippen MR) is 57.4 cm³/mol. The van der Waals surface area contributed by atoms with E-state index >= 15 is 0 Å². The van der Waals surface area contributed by atoms with Crippen LogP contribution in [0.25, 0.3) is 10.9 Å². The van der Waals surface area contributed by atoms with Crippen LogP contribution in [0.5, 0.6) is 5.75 Å². The monoisotopic (exact) mass is 205 g/mol. The van der Waals surface area contributed by atoms with Crippen LogP contribution in [-0.4, -0.2) is 23.1 Å². The fraction of sp³-hybridized carbons (Fsp3) is 0.100. The summed E-state index contributed by atoms with van der Waals surface area (Å²) in [4.78, 5) is 3.03. The highest BCUT2D eigenvalue weighted by molar-refractivity contribution is 6.10. The number of oxime groups is 1. The second-order valence-corrected chi connectivity index (χ2v) is 3.07. The van der Waals surface area contributed by atoms with Gasteiger partial charge in [0.2, 0.25) is 0 Å². The molecule has 0 spiro atoms. The number of benzene rings is 1. The van der Waals surface area contributed by atoms with Crippen molar-refractivity contribution < 1.29 is 9.94 Å². The lowest BCUT2D eigenvalue weighted by Gasteiger charge is -2.03. The van der Waals surface area contributed by atoms with Crippen LogP contribution in [0.15, 0.2) is 29.6 Å². The van der Waals surface area contributed by atoms with E-state index in [-0.39, 0.29) is 5.84 Å². The van der Waals surface area contributed by atoms with Crippen LogP contribution in [-0.2, 0) is 0 Å². The summed E-state index contributed by atoms with van der Waals surface area (Å²) in [6, 6.07) is 5.59. The average Bonchev–Trinajstić information content (AvgIpc) is 2.71. The van der Waals surface area contributed by atoms with Crippen LogP contribution in [0, 0.1) is 0 Å². The van der Waals surface area contributed by atoms with Crippen LogP contribution >= 0.6 is 0 Å². The molecule has 2 aromatic rings. The minimum Gasteiger partial charge on any atom is -0.496 e. The number of ether oxygens (including phenoxy) is 1. The molecule has 1 aromatic heterocycles. The number of H-pyrrole nitrogens is 1. The molecule has 0 saturated carbocycles. The SMILES string of the molecule is COc1cccc2[nH]cc(C(N)=NO)c12. The lowest BCUT2D eigenvalue weighted by atomic mass is 10.1. The van der Waals surface area contributed by atoms with Gasteiger partial charge in [-0.05, 0) is 12.1 Å². The van der Waals surface area contributed by atoms with Gasteiger partial charge in [-0.1, -0.05) is 11.2 Å². The van der Waals surface area contributed by atoms with Gasteiger partial charge in [0.1, 0.15) is 5.75 Å². The molecule has 15 heavy (non-hydrogen) atoms. The molecule has 5 heteroatoms. The molecule has 0 aliphatic rings. The van der Waals surface area contributed by atoms with E-state index in [0.717, 1.165) is 10.9 Å². The first-order valence-electron chi connectivity index (χ1n) is 4.40. The Kier molecular flexibility index (Phi) is 2.21. The number of aromatic amines is 1. The lowest BCUT2D eigenvalue weighted by molar-refractivity contribution is 0.318. The highest BCUT2D eigenvalue weighted by Gasteiger charge is 2.11. The quantitative estimate of drug-likeness (QED) is 0.299. The number of hydrogen-bond acceptors (Lipinski definition) is 3. The third kappa shape index (κ3) is 1.38. The van der Waals surface area contributed by atoms with E-state index < -0.39 is 0 Å². The maximum absolute atomic E-state index is 8.64. The Morgan fingerprint density at radius 3 is 3.00 bits per heavy atom. The second kappa shape index (κ2) is 3.53. The second-order valence-electron chi connectivity index (χ2n) is 3.07. The number of hydrogen-bond donors (Lipinski definition) is 3. The number of nitrogens with zero attached hydrogens (tertiary/aromatic N) is 1. The van der Waals surface area contributed by atoms with E-state index in [1.807, 2.05) is 18.2 Å². The van der Waals surface area contributed by atoms with E-state index in [4.69, 9.17) is 15.7 Å². The molecule has 0 saturated heterocycles. The lowest BCUT2D eigenvalue weighted by Crippen LogP contribution is -2.12. The molecule has 1 heterocycles. The Balaban J connectivity index is 2.77. The normalized spacial score (nSPS) is 11.9. The fourth-order valence-electron chi connectivity index (χ4n) is 1.58. The molecule has 0 fully saturated rings. The molecule has 0 bridgehead atoms. The molecule has 0 unspecified atom stereocenters. The number of nitrogens with two attached hydrogens (primary N) is 1. The van der Waals surface area contributed by atoms with Crippen molar-refractivity contribution in [1.82, 2.24) is 4.98 Å². The zero-order valence-electron chi connectivity index (χ0n) is 8.19. The molecule has 0 amide bonds. The summed E-state index contributed by atoms with van der Waals surface area (Å²) in [5.74, 6) is 0.751. The summed E-state index contributed by atoms with van der Waals surface area (Å²) in [5, 5.41) is 12.4. The van der Waals surface area contributed by atoms with Crippen LogP contribution < -0.4 is 10.5 Å². The minimum absolute atomic E-state index is 0.0609. The van der Waals surface area contributed by atoms with Gasteiger partial charge < -0.3 is 20.7 Å². The molecule has 0 atom stereocenters. The molecule has 0 radical (unpaired) electrons. The van der Waals surface area contributed by atoms with E-state index in [2.05, 4.69) is 10.1 Å². The first kappa shape index (κ1) is 9.39. The first-order chi connectivity index (χ1) is 7.27. The van der Waals surface area contributed by atoms with Gasteiger partial charge in [-0.2, -0.15) is 0 Å². The number of aromatic nitrogens is 1. The van der Waals surface area contributed by atoms with Crippen molar-refractivity contribution in [2.75, 3.05) is 7.11 Å². The fourth-order valence-corrected chi connectivity index (χ4v) is 1.58. The summed E-state index contributed by atoms with van der Waals surface area (Å²) in [5.41, 5.74) is 7.07. The predicted octanol–water partition coefficient (Wildman–Crippen LogP) is 1.27. The maximum Gasteiger partial charge on any atom is 0.172 e. The first-order valence-corrected chi connectivity index (χ1v) is 4.40. The molecule has 78 valence electrons. The Morgan fingerprint density at radius 1 is 1.53 bits per heavy atom. The van der Waals surface area contributed by atoms with Gasteiger partial charge >= 0.3 is 0 Å². The van der Waals surface area contributed by atoms with Gasteiger partial charge in [0.25, 0.3) is 0 Å². The van der Waals surface area contributed by atoms with E-state index in [0.29, 0.717) is 11.3 Å². The molecule has 2 rings (SSSR count). The molecule has 0 aliphatic heterocycles. The van der Waals surface area contributed by atoms with Gasteiger partial charge in [-0.3, -0.25) is 0 Å². The summed E-state index contributed by atoms with van der Waals surface area (Å²) in [6.07, 6.45) is 1.68. The van der Waals surface area contributed by atoms with Crippen molar-refractivity contribution in [3.8, 4) is 5.75 Å². The largest absolute Gasteiger partial charge is 0.496 e. The smallest absolute Gasteiger partial charge is 0.172 e. The Morgan fingerprint density at radius 2 is 2.33 bits per heavy atom. The van der Waals surface area contributed by atoms with Gasteiger partial charge in [0, 0.05) is 17.3 Å². The number of fused-ring (bicyclic) bond motifs is 1. The standard InChI is InChI=1S/C10H11N3O2/c1-15-8-4-2-3-7-9(8)6(5-12-7)10(11)13-14/h2-5,12,14H,1H3,(H2,11,13). The van der Waals surface area contributed by atoms with Gasteiger partial charge in [-0.25, -0.2) is 0 Å². The number of methoxy groups -OCH3 is 1. The Labute approximate surface area is 86.1 Å². The number of rotatable bonds is 2. The third-order valence-corrected chi connectivity index (χ3v) is 2.27. The van der Waals surface area contributed by atoms with E-state index in [1.165, 1.54) is 0 Å². The Bertz CT molecular complexity index is 516. The topological polar surface area (TPSA) is 83.6 Å². The van der Waals surface area contributed by atoms with Crippen molar-refractivity contribution in [2.24, 2.45) is 10.9 Å². The third-order valence-electron chi connectivity index (χ3n) is 2.27. The summed E-state index contributed by atoms with van der Waals surface area (Å²) < 4.78 is 5.21. The molecule has 1 aromatic carbocycles. The molecule has 4 N–H and O–H groups in total. The highest BCUT2D eigenvalue weighted by atomic mass is 16.5. The van der Waals surface area contributed by atoms with Crippen molar-refractivity contribution in [3.63, 3.8) is 0 Å². The maximum atomic E-state index is 8.64. The molecule has 5 nitrogen and oxygen atoms in total. The summed E-state index contributed by atoms with van der Waals surface area (Å²) >= 11 is 0. The van der Waals surface area contributed by atoms with E-state index in [9.17, 15) is 0 Å². The summed E-state index contributed by atoms with van der Waals surface area (Å²) in [7, 11) is 1.58. The van der Waals surface area contributed by atoms with Gasteiger partial charge in [0.15, 0.2) is 5.84 Å². The highest BCUT2D eigenvalue weighted by Crippen LogP contribution is 2.28. The summed E-state index contributed by atoms with van der Waals surface area (Å²) in [6.45, 7) is 0. The van der Waals surface area contributed by atoms with Gasteiger partial charge in [0.05, 0.1) is 12.5 Å². The van der Waals surface area contributed by atoms with Gasteiger partial charge in [-0.15, -0.1) is 0 Å². The van der Waals surface area contributed by atoms with E-state index in [1.54, 1.807) is 13.3 Å². The number of amidine groups is 1. The van der Waals surface area contributed by atoms with Crippen molar-refractivity contribution in [3.05, 3.63) is 30.0 Å². The van der Waals surface area contributed by atoms with Crippen molar-refractivity contribution in [1.29, 1.82) is 0 Å². The van der Waals surface area contributed by atoms with Crippen LogP contribution in [0.4, 0.5) is 0 Å². The van der Waals surface area contributed by atoms with Crippen LogP contribution in [0.1, 0.15) is 5.56 Å². The Hall–Kier alpha value is -2.17.